The Kier molecular flexibility index (Phi) is 3.13. The Bertz CT molecular complexity index is 160. The summed E-state index contributed by atoms with van der Waals surface area (Å²) < 4.78 is 5.33. The molecule has 0 aromatic heterocycles. The molecule has 13 heavy (non-hydrogen) atoms. The molecule has 76 valence electrons. The van der Waals surface area contributed by atoms with Crippen LogP contribution in [0.3, 0.4) is 0 Å². The highest BCUT2D eigenvalue weighted by Gasteiger charge is 2.28. The minimum atomic E-state index is 0.519. The van der Waals surface area contributed by atoms with Gasteiger partial charge in [-0.15, -0.1) is 5.01 Å². The van der Waals surface area contributed by atoms with E-state index >= 15 is 0 Å². The zero-order valence-electron chi connectivity index (χ0n) is 8.04. The van der Waals surface area contributed by atoms with Crippen molar-refractivity contribution >= 4 is 0 Å². The lowest BCUT2D eigenvalue weighted by molar-refractivity contribution is -0.599. The maximum Gasteiger partial charge on any atom is 0.113 e. The molecule has 4 N–H and O–H groups in total. The maximum atomic E-state index is 5.33. The molecular formula is C8H19N4O+. The minimum absolute atomic E-state index is 0.519. The van der Waals surface area contributed by atoms with Crippen molar-refractivity contribution in [1.82, 2.24) is 15.2 Å². The lowest BCUT2D eigenvalue weighted by Crippen LogP contribution is -2.78. The predicted octanol–water partition coefficient (Wildman–Crippen LogP) is -1.95. The van der Waals surface area contributed by atoms with Crippen molar-refractivity contribution in [2.75, 3.05) is 39.5 Å². The molecular weight excluding hydrogens is 168 g/mol. The van der Waals surface area contributed by atoms with Gasteiger partial charge in [-0.05, 0) is 13.0 Å². The van der Waals surface area contributed by atoms with Gasteiger partial charge in [0.15, 0.2) is 0 Å². The van der Waals surface area contributed by atoms with Gasteiger partial charge < -0.3 is 4.74 Å². The van der Waals surface area contributed by atoms with E-state index in [0.717, 1.165) is 39.5 Å². The number of hydrogen-bond donors (Lipinski definition) is 2. The van der Waals surface area contributed by atoms with Gasteiger partial charge in [0.1, 0.15) is 6.17 Å². The quantitative estimate of drug-likeness (QED) is 0.501. The fraction of sp³-hybridized carbons (Fsp3) is 1.00. The molecule has 1 atom stereocenters. The summed E-state index contributed by atoms with van der Waals surface area (Å²) in [5.41, 5.74) is 0. The predicted molar refractivity (Wildman–Crippen MR) is 48.4 cm³/mol. The number of nitrogens with zero attached hydrogens (tertiary/aromatic N) is 2. The zero-order valence-corrected chi connectivity index (χ0v) is 8.04. The molecule has 0 radical (unpaired) electrons. The molecule has 2 fully saturated rings. The molecule has 0 aromatic carbocycles. The summed E-state index contributed by atoms with van der Waals surface area (Å²) >= 11 is 0. The van der Waals surface area contributed by atoms with Crippen molar-refractivity contribution in [3.8, 4) is 0 Å². The molecule has 2 rings (SSSR count). The normalized spacial score (nSPS) is 33.5. The van der Waals surface area contributed by atoms with Crippen LogP contribution < -0.4 is 11.2 Å². The van der Waals surface area contributed by atoms with Gasteiger partial charge in [-0.25, -0.2) is 0 Å². The van der Waals surface area contributed by atoms with E-state index in [1.54, 1.807) is 0 Å². The number of ether oxygens (including phenoxy) is 1. The van der Waals surface area contributed by atoms with Crippen LogP contribution in [0.2, 0.25) is 0 Å². The lowest BCUT2D eigenvalue weighted by Gasteiger charge is -2.39. The Balaban J connectivity index is 1.88. The number of morpholine rings is 1. The van der Waals surface area contributed by atoms with Crippen molar-refractivity contribution in [2.24, 2.45) is 0 Å². The Morgan fingerprint density at radius 3 is 2.77 bits per heavy atom. The van der Waals surface area contributed by atoms with Gasteiger partial charge in [-0.2, -0.15) is 0 Å². The minimum Gasteiger partial charge on any atom is -0.379 e. The Morgan fingerprint density at radius 2 is 2.08 bits per heavy atom. The monoisotopic (exact) mass is 187 g/mol. The van der Waals surface area contributed by atoms with Crippen LogP contribution in [0.15, 0.2) is 0 Å². The van der Waals surface area contributed by atoms with Gasteiger partial charge in [-0.1, -0.05) is 0 Å². The Morgan fingerprint density at radius 1 is 1.31 bits per heavy atom. The van der Waals surface area contributed by atoms with E-state index in [0.29, 0.717) is 6.17 Å². The second kappa shape index (κ2) is 4.34. The van der Waals surface area contributed by atoms with Crippen molar-refractivity contribution in [3.05, 3.63) is 0 Å². The van der Waals surface area contributed by atoms with Crippen molar-refractivity contribution in [2.45, 2.75) is 12.6 Å². The van der Waals surface area contributed by atoms with Crippen LogP contribution in [0.1, 0.15) is 6.42 Å². The van der Waals surface area contributed by atoms with Crippen LogP contribution in [-0.4, -0.2) is 55.6 Å². The molecule has 0 bridgehead atoms. The van der Waals surface area contributed by atoms with Crippen LogP contribution >= 0.6 is 0 Å². The summed E-state index contributed by atoms with van der Waals surface area (Å²) in [5.74, 6) is 4.04. The van der Waals surface area contributed by atoms with Gasteiger partial charge >= 0.3 is 0 Å². The van der Waals surface area contributed by atoms with Gasteiger partial charge in [0.2, 0.25) is 0 Å². The zero-order chi connectivity index (χ0) is 9.10. The van der Waals surface area contributed by atoms with Crippen LogP contribution in [0.4, 0.5) is 0 Å². The fourth-order valence-corrected chi connectivity index (χ4v) is 2.03. The van der Waals surface area contributed by atoms with E-state index in [1.165, 1.54) is 6.42 Å². The Hall–Kier alpha value is -0.200. The van der Waals surface area contributed by atoms with E-state index in [9.17, 15) is 0 Å². The third-order valence-corrected chi connectivity index (χ3v) is 2.78. The third kappa shape index (κ3) is 2.18. The van der Waals surface area contributed by atoms with Crippen molar-refractivity contribution in [1.29, 1.82) is 0 Å². The van der Waals surface area contributed by atoms with Crippen LogP contribution in [0.25, 0.3) is 0 Å². The second-order valence-electron chi connectivity index (χ2n) is 3.66. The summed E-state index contributed by atoms with van der Waals surface area (Å²) in [7, 11) is 0. The number of quaternary nitrogens is 1. The first-order valence-electron chi connectivity index (χ1n) is 4.97. The van der Waals surface area contributed by atoms with Crippen LogP contribution in [0.5, 0.6) is 0 Å². The van der Waals surface area contributed by atoms with E-state index in [1.807, 2.05) is 0 Å². The molecule has 0 aromatic rings. The average molecular weight is 187 g/mol. The standard InChI is InChI=1S/C8H18N4O/c9-12-7-10-2-1-8(12)11-3-5-13-6-4-11/h8,10H,1-7,9H2/p+1. The molecule has 2 aliphatic heterocycles. The lowest BCUT2D eigenvalue weighted by atomic mass is 10.2. The van der Waals surface area contributed by atoms with E-state index < -0.39 is 0 Å². The molecule has 2 heterocycles. The number of rotatable bonds is 1. The van der Waals surface area contributed by atoms with Gasteiger partial charge in [0, 0.05) is 13.1 Å². The maximum absolute atomic E-state index is 5.33. The molecule has 1 unspecified atom stereocenters. The molecule has 2 saturated heterocycles. The molecule has 5 heteroatoms. The van der Waals surface area contributed by atoms with Gasteiger partial charge in [0.25, 0.3) is 0 Å². The third-order valence-electron chi connectivity index (χ3n) is 2.78. The topological polar surface area (TPSA) is 55.4 Å². The highest BCUT2D eigenvalue weighted by atomic mass is 16.5. The smallest absolute Gasteiger partial charge is 0.113 e. The number of nitrogens with one attached hydrogen (secondary N) is 1. The molecule has 0 amide bonds. The summed E-state index contributed by atoms with van der Waals surface area (Å²) in [6, 6.07) is 0. The highest BCUT2D eigenvalue weighted by molar-refractivity contribution is 4.74. The average Bonchev–Trinajstić information content (AvgIpc) is 2.20. The van der Waals surface area contributed by atoms with Crippen LogP contribution in [0, 0.1) is 0 Å². The summed E-state index contributed by atoms with van der Waals surface area (Å²) in [6.45, 7) is 5.86. The first kappa shape index (κ1) is 9.36. The van der Waals surface area contributed by atoms with Gasteiger partial charge in [0.05, 0.1) is 19.9 Å². The number of hydrogen-bond acceptors (Lipinski definition) is 4. The second-order valence-corrected chi connectivity index (χ2v) is 3.66. The summed E-state index contributed by atoms with van der Waals surface area (Å²) in [4.78, 5) is 2.47. The SMILES string of the molecule is [NH3+]N1CNCCC1N1CCOCC1. The summed E-state index contributed by atoms with van der Waals surface area (Å²) in [5, 5.41) is 5.44. The van der Waals surface area contributed by atoms with E-state index in [-0.39, 0.29) is 0 Å². The Labute approximate surface area is 78.8 Å². The fourth-order valence-electron chi connectivity index (χ4n) is 2.03. The van der Waals surface area contributed by atoms with E-state index in [2.05, 4.69) is 21.1 Å². The van der Waals surface area contributed by atoms with Gasteiger partial charge in [-0.3, -0.25) is 16.1 Å². The molecule has 0 spiro atoms. The van der Waals surface area contributed by atoms with Crippen molar-refractivity contribution < 1.29 is 10.6 Å². The largest absolute Gasteiger partial charge is 0.379 e. The van der Waals surface area contributed by atoms with Crippen LogP contribution in [-0.2, 0) is 4.74 Å². The molecule has 0 aliphatic carbocycles. The first-order chi connectivity index (χ1) is 6.38. The first-order valence-corrected chi connectivity index (χ1v) is 4.97. The van der Waals surface area contributed by atoms with E-state index in [4.69, 9.17) is 4.74 Å². The molecule has 5 nitrogen and oxygen atoms in total. The highest BCUT2D eigenvalue weighted by Crippen LogP contribution is 2.10. The summed E-state index contributed by atoms with van der Waals surface area (Å²) in [6.07, 6.45) is 1.69. The molecule has 2 aliphatic rings. The molecule has 0 saturated carbocycles. The van der Waals surface area contributed by atoms with Crippen molar-refractivity contribution in [3.63, 3.8) is 0 Å².